The fraction of sp³-hybridized carbons (Fsp3) is 0.435. The molecule has 3 aliphatic rings. The first kappa shape index (κ1) is 23.0. The van der Waals surface area contributed by atoms with Gasteiger partial charge in [-0.25, -0.2) is 0 Å². The minimum atomic E-state index is -2.78. The summed E-state index contributed by atoms with van der Waals surface area (Å²) in [5, 5.41) is 55.7. The summed E-state index contributed by atoms with van der Waals surface area (Å²) in [6.07, 6.45) is -0.222. The molecule has 1 aromatic rings. The zero-order valence-corrected chi connectivity index (χ0v) is 18.6. The van der Waals surface area contributed by atoms with Gasteiger partial charge in [-0.05, 0) is 46.0 Å². The van der Waals surface area contributed by atoms with Crippen molar-refractivity contribution in [2.45, 2.75) is 37.0 Å². The largest absolute Gasteiger partial charge is 0.509 e. The number of phenolic OH excluding ortho intramolecular Hbond substituents is 1. The van der Waals surface area contributed by atoms with Crippen LogP contribution in [0.15, 0.2) is 40.9 Å². The second kappa shape index (κ2) is 6.66. The lowest BCUT2D eigenvalue weighted by atomic mass is 9.52. The van der Waals surface area contributed by atoms with Crippen molar-refractivity contribution in [3.63, 3.8) is 0 Å². The highest BCUT2D eigenvalue weighted by Gasteiger charge is 2.69. The number of fused-ring (bicyclic) bond motifs is 3. The molecule has 10 heteroatoms. The Kier molecular flexibility index (Phi) is 4.63. The second-order valence-electron chi connectivity index (χ2n) is 9.50. The van der Waals surface area contributed by atoms with Crippen LogP contribution in [0.1, 0.15) is 36.2 Å². The molecule has 0 aromatic heterocycles. The van der Waals surface area contributed by atoms with Gasteiger partial charge in [0, 0.05) is 17.4 Å². The number of aromatic hydroxyl groups is 1. The Hall–Kier alpha value is -3.21. The number of nitrogens with zero attached hydrogens (tertiary/aromatic N) is 1. The Morgan fingerprint density at radius 2 is 1.70 bits per heavy atom. The summed E-state index contributed by atoms with van der Waals surface area (Å²) >= 11 is 0. The predicted octanol–water partition coefficient (Wildman–Crippen LogP) is 0.176. The molecule has 0 fully saturated rings. The Labute approximate surface area is 189 Å². The van der Waals surface area contributed by atoms with Gasteiger partial charge in [0.15, 0.2) is 11.4 Å². The number of nitrogens with two attached hydrogens (primary N) is 1. The SMILES string of the molecule is CN(C)[C@]1(C)C(O)=C(C(N)=O)C(=O)C2(O)C(O)=C3C(=O)c4c(O)cccc4C(C)(O)C3CC21. The van der Waals surface area contributed by atoms with Crippen molar-refractivity contribution in [2.75, 3.05) is 14.1 Å². The van der Waals surface area contributed by atoms with E-state index >= 15 is 0 Å². The number of carbonyl (C=O) groups excluding carboxylic acids is 3. The van der Waals surface area contributed by atoms with E-state index < -0.39 is 74.5 Å². The zero-order valence-electron chi connectivity index (χ0n) is 18.6. The van der Waals surface area contributed by atoms with E-state index in [0.717, 1.165) is 0 Å². The van der Waals surface area contributed by atoms with Crippen LogP contribution in [0.4, 0.5) is 0 Å². The molecule has 176 valence electrons. The summed E-state index contributed by atoms with van der Waals surface area (Å²) in [4.78, 5) is 40.2. The molecule has 0 radical (unpaired) electrons. The third-order valence-electron chi connectivity index (χ3n) is 7.82. The summed E-state index contributed by atoms with van der Waals surface area (Å²) in [6.45, 7) is 2.87. The number of carbonyl (C=O) groups is 3. The van der Waals surface area contributed by atoms with Crippen LogP contribution in [0.3, 0.4) is 0 Å². The molecule has 0 bridgehead atoms. The summed E-state index contributed by atoms with van der Waals surface area (Å²) in [5.41, 5.74) is -2.25. The normalized spacial score (nSPS) is 36.0. The number of hydrogen-bond donors (Lipinski definition) is 6. The first-order valence-corrected chi connectivity index (χ1v) is 10.4. The molecule has 0 saturated carbocycles. The Bertz CT molecular complexity index is 1200. The number of Topliss-reactive ketones (excluding diaryl/α,β-unsaturated/α-hetero) is 2. The molecule has 10 nitrogen and oxygen atoms in total. The zero-order chi connectivity index (χ0) is 24.8. The van der Waals surface area contributed by atoms with Gasteiger partial charge in [-0.15, -0.1) is 0 Å². The second-order valence-corrected chi connectivity index (χ2v) is 9.50. The predicted molar refractivity (Wildman–Crippen MR) is 114 cm³/mol. The van der Waals surface area contributed by atoms with Crippen molar-refractivity contribution in [1.29, 1.82) is 0 Å². The highest BCUT2D eigenvalue weighted by molar-refractivity contribution is 6.25. The van der Waals surface area contributed by atoms with E-state index in [9.17, 15) is 39.9 Å². The molecule has 0 heterocycles. The number of ketones is 2. The van der Waals surface area contributed by atoms with Crippen LogP contribution >= 0.6 is 0 Å². The van der Waals surface area contributed by atoms with Crippen molar-refractivity contribution < 1.29 is 39.9 Å². The van der Waals surface area contributed by atoms with Gasteiger partial charge in [0.25, 0.3) is 5.91 Å². The number of amides is 1. The molecule has 0 aliphatic heterocycles. The highest BCUT2D eigenvalue weighted by Crippen LogP contribution is 2.58. The lowest BCUT2D eigenvalue weighted by Gasteiger charge is -2.56. The summed E-state index contributed by atoms with van der Waals surface area (Å²) < 4.78 is 0. The molecule has 1 aromatic carbocycles. The van der Waals surface area contributed by atoms with Gasteiger partial charge in [0.2, 0.25) is 5.78 Å². The molecule has 4 rings (SSSR count). The maximum Gasteiger partial charge on any atom is 0.255 e. The van der Waals surface area contributed by atoms with E-state index in [0.29, 0.717) is 0 Å². The number of rotatable bonds is 2. The fourth-order valence-electron chi connectivity index (χ4n) is 5.73. The van der Waals surface area contributed by atoms with Crippen molar-refractivity contribution >= 4 is 17.5 Å². The number of hydrogen-bond acceptors (Lipinski definition) is 9. The monoisotopic (exact) mass is 458 g/mol. The van der Waals surface area contributed by atoms with Crippen molar-refractivity contribution in [2.24, 2.45) is 17.6 Å². The minimum absolute atomic E-state index is 0.130. The maximum absolute atomic E-state index is 13.4. The van der Waals surface area contributed by atoms with Crippen LogP contribution < -0.4 is 5.73 Å². The third kappa shape index (κ3) is 2.51. The molecule has 0 spiro atoms. The van der Waals surface area contributed by atoms with Crippen LogP contribution in [0.5, 0.6) is 5.75 Å². The van der Waals surface area contributed by atoms with Crippen LogP contribution in [0.2, 0.25) is 0 Å². The average Bonchev–Trinajstić information content (AvgIpc) is 2.72. The van der Waals surface area contributed by atoms with E-state index in [1.807, 2.05) is 0 Å². The lowest BCUT2D eigenvalue weighted by Crippen LogP contribution is -2.69. The van der Waals surface area contributed by atoms with E-state index in [-0.39, 0.29) is 17.5 Å². The molecule has 33 heavy (non-hydrogen) atoms. The number of benzene rings is 1. The summed E-state index contributed by atoms with van der Waals surface area (Å²) in [7, 11) is 3.08. The lowest BCUT2D eigenvalue weighted by molar-refractivity contribution is -0.159. The van der Waals surface area contributed by atoms with Crippen molar-refractivity contribution in [3.8, 4) is 5.75 Å². The van der Waals surface area contributed by atoms with Gasteiger partial charge in [-0.2, -0.15) is 0 Å². The van der Waals surface area contributed by atoms with Gasteiger partial charge >= 0.3 is 0 Å². The topological polar surface area (TPSA) is 182 Å². The molecular formula is C23H26N2O8. The molecule has 1 amide bonds. The van der Waals surface area contributed by atoms with E-state index in [1.165, 1.54) is 36.9 Å². The first-order chi connectivity index (χ1) is 15.1. The fourth-order valence-corrected chi connectivity index (χ4v) is 5.73. The van der Waals surface area contributed by atoms with Crippen LogP contribution in [0.25, 0.3) is 0 Å². The van der Waals surface area contributed by atoms with E-state index in [1.54, 1.807) is 14.1 Å². The number of primary amides is 1. The van der Waals surface area contributed by atoms with Crippen LogP contribution in [-0.4, -0.2) is 73.1 Å². The molecular weight excluding hydrogens is 432 g/mol. The number of aliphatic hydroxyl groups is 4. The standard InChI is InChI=1S/C23H26N2O8/c1-21(25(3)4)12-8-10-14(16(27)13-9(22(10,2)32)6-5-7-11(13)26)18(29)23(12,33)19(30)15(17(21)28)20(24)31/h5-7,10,12,26,28-29,32-33H,8H2,1-4H3,(H2,24,31)/t10?,12?,21-,22?,23?/m0/s1. The Morgan fingerprint density at radius 1 is 1.09 bits per heavy atom. The van der Waals surface area contributed by atoms with Crippen LogP contribution in [-0.2, 0) is 15.2 Å². The average molecular weight is 458 g/mol. The number of phenols is 1. The summed E-state index contributed by atoms with van der Waals surface area (Å²) in [5.74, 6) is -8.01. The molecule has 7 N–H and O–H groups in total. The van der Waals surface area contributed by atoms with E-state index in [4.69, 9.17) is 5.73 Å². The van der Waals surface area contributed by atoms with Gasteiger partial charge in [0.05, 0.1) is 16.7 Å². The van der Waals surface area contributed by atoms with E-state index in [2.05, 4.69) is 0 Å². The Morgan fingerprint density at radius 3 is 2.24 bits per heavy atom. The van der Waals surface area contributed by atoms with Gasteiger partial charge in [-0.1, -0.05) is 12.1 Å². The maximum atomic E-state index is 13.4. The number of likely N-dealkylation sites (N-methyl/N-ethyl adjacent to an activating group) is 1. The van der Waals surface area contributed by atoms with Gasteiger partial charge < -0.3 is 31.3 Å². The van der Waals surface area contributed by atoms with Crippen molar-refractivity contribution in [3.05, 3.63) is 52.0 Å². The van der Waals surface area contributed by atoms with Crippen molar-refractivity contribution in [1.82, 2.24) is 4.90 Å². The summed E-state index contributed by atoms with van der Waals surface area (Å²) in [6, 6.07) is 4.18. The van der Waals surface area contributed by atoms with Gasteiger partial charge in [-0.3, -0.25) is 19.3 Å². The minimum Gasteiger partial charge on any atom is -0.509 e. The van der Waals surface area contributed by atoms with Gasteiger partial charge in [0.1, 0.15) is 22.8 Å². The smallest absolute Gasteiger partial charge is 0.255 e. The molecule has 5 atom stereocenters. The molecule has 4 unspecified atom stereocenters. The quantitative estimate of drug-likeness (QED) is 0.337. The molecule has 0 saturated heterocycles. The third-order valence-corrected chi connectivity index (χ3v) is 7.82. The Balaban J connectivity index is 2.09. The first-order valence-electron chi connectivity index (χ1n) is 10.4. The molecule has 3 aliphatic carbocycles. The number of aliphatic hydroxyl groups excluding tert-OH is 2. The van der Waals surface area contributed by atoms with Crippen LogP contribution in [0, 0.1) is 11.8 Å². The highest BCUT2D eigenvalue weighted by atomic mass is 16.3.